The van der Waals surface area contributed by atoms with Crippen LogP contribution in [0.1, 0.15) is 25.3 Å². The molecule has 6 heteroatoms. The van der Waals surface area contributed by atoms with Gasteiger partial charge in [-0.15, -0.1) is 5.10 Å². The molecule has 0 saturated carbocycles. The second kappa shape index (κ2) is 7.80. The smallest absolute Gasteiger partial charge is 0.246 e. The van der Waals surface area contributed by atoms with Crippen LogP contribution in [0, 0.1) is 0 Å². The molecule has 0 radical (unpaired) electrons. The molecule has 0 unspecified atom stereocenters. The van der Waals surface area contributed by atoms with Gasteiger partial charge in [-0.05, 0) is 35.7 Å². The Morgan fingerprint density at radius 2 is 1.70 bits per heavy atom. The van der Waals surface area contributed by atoms with Gasteiger partial charge < -0.3 is 15.0 Å². The highest BCUT2D eigenvalue weighted by Gasteiger charge is 2.11. The van der Waals surface area contributed by atoms with Crippen molar-refractivity contribution in [2.75, 3.05) is 36.5 Å². The number of morpholine rings is 1. The lowest BCUT2D eigenvalue weighted by molar-refractivity contribution is 0.122. The van der Waals surface area contributed by atoms with Crippen LogP contribution >= 0.6 is 0 Å². The van der Waals surface area contributed by atoms with Crippen LogP contribution in [0.2, 0.25) is 0 Å². The van der Waals surface area contributed by atoms with Gasteiger partial charge in [0, 0.05) is 30.0 Å². The standard InChI is InChI=1S/C21H25N5O/c1-15(2)16-3-5-17(6-4-16)20-23-21(25-24-20)22-18-7-9-19(10-8-18)26-11-13-27-14-12-26/h3-10,15H,11-14H2,1-2H3,(H2,22,23,24,25). The number of anilines is 3. The van der Waals surface area contributed by atoms with Gasteiger partial charge in [-0.3, -0.25) is 5.10 Å². The lowest BCUT2D eigenvalue weighted by Gasteiger charge is -2.28. The van der Waals surface area contributed by atoms with Crippen LogP contribution in [0.4, 0.5) is 17.3 Å². The van der Waals surface area contributed by atoms with Crippen molar-refractivity contribution in [1.82, 2.24) is 15.2 Å². The Morgan fingerprint density at radius 1 is 1.00 bits per heavy atom. The summed E-state index contributed by atoms with van der Waals surface area (Å²) in [5, 5.41) is 10.5. The zero-order valence-corrected chi connectivity index (χ0v) is 15.8. The minimum atomic E-state index is 0.520. The van der Waals surface area contributed by atoms with E-state index in [0.717, 1.165) is 43.4 Å². The van der Waals surface area contributed by atoms with Crippen molar-refractivity contribution in [2.24, 2.45) is 0 Å². The Morgan fingerprint density at radius 3 is 2.37 bits per heavy atom. The van der Waals surface area contributed by atoms with Crippen molar-refractivity contribution in [2.45, 2.75) is 19.8 Å². The van der Waals surface area contributed by atoms with E-state index >= 15 is 0 Å². The third-order valence-electron chi connectivity index (χ3n) is 4.84. The number of nitrogens with one attached hydrogen (secondary N) is 2. The van der Waals surface area contributed by atoms with Gasteiger partial charge in [0.15, 0.2) is 5.82 Å². The molecule has 0 atom stereocenters. The van der Waals surface area contributed by atoms with Gasteiger partial charge in [-0.25, -0.2) is 0 Å². The Hall–Kier alpha value is -2.86. The molecule has 2 N–H and O–H groups in total. The molecule has 3 aromatic rings. The molecular formula is C21H25N5O. The number of benzene rings is 2. The summed E-state index contributed by atoms with van der Waals surface area (Å²) in [6.07, 6.45) is 0. The Labute approximate surface area is 159 Å². The molecule has 1 aromatic heterocycles. The Kier molecular flexibility index (Phi) is 5.07. The molecule has 0 amide bonds. The Bertz CT molecular complexity index is 864. The van der Waals surface area contributed by atoms with E-state index in [1.165, 1.54) is 11.3 Å². The van der Waals surface area contributed by atoms with Crippen LogP contribution in [-0.4, -0.2) is 41.5 Å². The van der Waals surface area contributed by atoms with Gasteiger partial charge >= 0.3 is 0 Å². The van der Waals surface area contributed by atoms with Gasteiger partial charge in [-0.2, -0.15) is 4.98 Å². The first-order chi connectivity index (χ1) is 13.2. The van der Waals surface area contributed by atoms with Gasteiger partial charge in [0.05, 0.1) is 13.2 Å². The minimum absolute atomic E-state index is 0.520. The highest BCUT2D eigenvalue weighted by Crippen LogP contribution is 2.23. The monoisotopic (exact) mass is 363 g/mol. The predicted molar refractivity (Wildman–Crippen MR) is 109 cm³/mol. The molecule has 4 rings (SSSR count). The first kappa shape index (κ1) is 17.5. The van der Waals surface area contributed by atoms with Crippen molar-refractivity contribution >= 4 is 17.3 Å². The van der Waals surface area contributed by atoms with Crippen molar-refractivity contribution in [3.63, 3.8) is 0 Å². The molecule has 0 bridgehead atoms. The summed E-state index contributed by atoms with van der Waals surface area (Å²) in [6.45, 7) is 7.83. The molecule has 1 fully saturated rings. The van der Waals surface area contributed by atoms with Crippen LogP contribution in [0.5, 0.6) is 0 Å². The van der Waals surface area contributed by atoms with E-state index in [0.29, 0.717) is 11.9 Å². The predicted octanol–water partition coefficient (Wildman–Crippen LogP) is 4.18. The SMILES string of the molecule is CC(C)c1ccc(-c2nc(Nc3ccc(N4CCOCC4)cc3)n[nH]2)cc1. The highest BCUT2D eigenvalue weighted by atomic mass is 16.5. The fourth-order valence-electron chi connectivity index (χ4n) is 3.18. The summed E-state index contributed by atoms with van der Waals surface area (Å²) in [6, 6.07) is 16.8. The number of aromatic nitrogens is 3. The number of hydrogen-bond acceptors (Lipinski definition) is 5. The highest BCUT2D eigenvalue weighted by molar-refractivity contribution is 5.62. The molecule has 140 valence electrons. The summed E-state index contributed by atoms with van der Waals surface area (Å²) in [5.41, 5.74) is 4.53. The molecule has 0 spiro atoms. The molecular weight excluding hydrogens is 338 g/mol. The minimum Gasteiger partial charge on any atom is -0.378 e. The van der Waals surface area contributed by atoms with Crippen molar-refractivity contribution in [3.8, 4) is 11.4 Å². The quantitative estimate of drug-likeness (QED) is 0.712. The Balaban J connectivity index is 1.43. The maximum atomic E-state index is 5.41. The van der Waals surface area contributed by atoms with Crippen LogP contribution < -0.4 is 10.2 Å². The zero-order valence-electron chi connectivity index (χ0n) is 15.8. The topological polar surface area (TPSA) is 66.1 Å². The average molecular weight is 363 g/mol. The first-order valence-electron chi connectivity index (χ1n) is 9.41. The summed E-state index contributed by atoms with van der Waals surface area (Å²) in [5.74, 6) is 1.85. The number of ether oxygens (including phenoxy) is 1. The van der Waals surface area contributed by atoms with Gasteiger partial charge in [-0.1, -0.05) is 38.1 Å². The van der Waals surface area contributed by atoms with Crippen molar-refractivity contribution < 1.29 is 4.74 Å². The van der Waals surface area contributed by atoms with Gasteiger partial charge in [0.25, 0.3) is 0 Å². The third kappa shape index (κ3) is 4.11. The van der Waals surface area contributed by atoms with E-state index in [1.54, 1.807) is 0 Å². The van der Waals surface area contributed by atoms with Crippen molar-refractivity contribution in [1.29, 1.82) is 0 Å². The second-order valence-electron chi connectivity index (χ2n) is 7.06. The van der Waals surface area contributed by atoms with E-state index < -0.39 is 0 Å². The lowest BCUT2D eigenvalue weighted by Crippen LogP contribution is -2.36. The van der Waals surface area contributed by atoms with Crippen molar-refractivity contribution in [3.05, 3.63) is 54.1 Å². The number of hydrogen-bond donors (Lipinski definition) is 2. The average Bonchev–Trinajstić information content (AvgIpc) is 3.18. The van der Waals surface area contributed by atoms with E-state index in [2.05, 4.69) is 87.8 Å². The van der Waals surface area contributed by atoms with E-state index in [4.69, 9.17) is 4.74 Å². The van der Waals surface area contributed by atoms with E-state index in [-0.39, 0.29) is 0 Å². The molecule has 2 heterocycles. The van der Waals surface area contributed by atoms with Crippen LogP contribution in [0.3, 0.4) is 0 Å². The fourth-order valence-corrected chi connectivity index (χ4v) is 3.18. The van der Waals surface area contributed by atoms with Gasteiger partial charge in [0.2, 0.25) is 5.95 Å². The fraction of sp³-hybridized carbons (Fsp3) is 0.333. The summed E-state index contributed by atoms with van der Waals surface area (Å²) < 4.78 is 5.41. The van der Waals surface area contributed by atoms with E-state index in [9.17, 15) is 0 Å². The number of nitrogens with zero attached hydrogens (tertiary/aromatic N) is 3. The second-order valence-corrected chi connectivity index (χ2v) is 7.06. The molecule has 1 saturated heterocycles. The molecule has 27 heavy (non-hydrogen) atoms. The van der Waals surface area contributed by atoms with Crippen LogP contribution in [0.15, 0.2) is 48.5 Å². The normalized spacial score (nSPS) is 14.6. The molecule has 6 nitrogen and oxygen atoms in total. The maximum Gasteiger partial charge on any atom is 0.246 e. The summed E-state index contributed by atoms with van der Waals surface area (Å²) >= 11 is 0. The molecule has 2 aromatic carbocycles. The number of H-pyrrole nitrogens is 1. The lowest BCUT2D eigenvalue weighted by atomic mass is 10.0. The molecule has 0 aliphatic carbocycles. The van der Waals surface area contributed by atoms with Crippen LogP contribution in [-0.2, 0) is 4.74 Å². The maximum absolute atomic E-state index is 5.41. The first-order valence-corrected chi connectivity index (χ1v) is 9.41. The molecule has 1 aliphatic heterocycles. The molecule has 1 aliphatic rings. The number of rotatable bonds is 5. The van der Waals surface area contributed by atoms with E-state index in [1.807, 2.05) is 0 Å². The third-order valence-corrected chi connectivity index (χ3v) is 4.84. The number of aromatic amines is 1. The summed E-state index contributed by atoms with van der Waals surface area (Å²) in [7, 11) is 0. The van der Waals surface area contributed by atoms with Gasteiger partial charge in [0.1, 0.15) is 0 Å². The zero-order chi connectivity index (χ0) is 18.6. The largest absolute Gasteiger partial charge is 0.378 e. The summed E-state index contributed by atoms with van der Waals surface area (Å²) in [4.78, 5) is 6.89. The van der Waals surface area contributed by atoms with Crippen LogP contribution in [0.25, 0.3) is 11.4 Å².